The van der Waals surface area contributed by atoms with Gasteiger partial charge in [-0.15, -0.1) is 0 Å². The van der Waals surface area contributed by atoms with Crippen molar-refractivity contribution in [2.24, 2.45) is 0 Å². The normalized spacial score (nSPS) is 10.3. The summed E-state index contributed by atoms with van der Waals surface area (Å²) >= 11 is 3.34. The fourth-order valence-corrected chi connectivity index (χ4v) is 2.36. The van der Waals surface area contributed by atoms with E-state index in [1.807, 2.05) is 24.3 Å². The van der Waals surface area contributed by atoms with E-state index in [2.05, 4.69) is 32.3 Å². The predicted molar refractivity (Wildman–Crippen MR) is 83.8 cm³/mol. The third kappa shape index (κ3) is 2.71. The summed E-state index contributed by atoms with van der Waals surface area (Å²) in [4.78, 5) is 4.44. The van der Waals surface area contributed by atoms with Crippen LogP contribution in [0, 0.1) is 17.1 Å². The van der Waals surface area contributed by atoms with Crippen LogP contribution in [0.5, 0.6) is 0 Å². The van der Waals surface area contributed by atoms with Crippen molar-refractivity contribution in [1.29, 1.82) is 5.26 Å². The highest BCUT2D eigenvalue weighted by atomic mass is 79.9. The monoisotopic (exact) mass is 341 g/mol. The van der Waals surface area contributed by atoms with Crippen LogP contribution in [0.15, 0.2) is 53.0 Å². The SMILES string of the molecule is N#Cc1cc2ccccc2nc1Nc1cc(F)ccc1Br. The Morgan fingerprint density at radius 1 is 1.14 bits per heavy atom. The molecule has 5 heteroatoms. The maximum atomic E-state index is 13.3. The summed E-state index contributed by atoms with van der Waals surface area (Å²) in [5.74, 6) is 0.0440. The Labute approximate surface area is 129 Å². The zero-order valence-corrected chi connectivity index (χ0v) is 12.4. The lowest BCUT2D eigenvalue weighted by Gasteiger charge is -2.10. The molecule has 0 unspecified atom stereocenters. The molecule has 0 atom stereocenters. The molecule has 0 spiro atoms. The van der Waals surface area contributed by atoms with Crippen LogP contribution in [-0.4, -0.2) is 4.98 Å². The van der Waals surface area contributed by atoms with Crippen LogP contribution in [-0.2, 0) is 0 Å². The van der Waals surface area contributed by atoms with Crippen molar-refractivity contribution < 1.29 is 4.39 Å². The van der Waals surface area contributed by atoms with Gasteiger partial charge >= 0.3 is 0 Å². The maximum Gasteiger partial charge on any atom is 0.149 e. The molecule has 1 heterocycles. The predicted octanol–water partition coefficient (Wildman–Crippen LogP) is 4.75. The zero-order chi connectivity index (χ0) is 14.8. The third-order valence-corrected chi connectivity index (χ3v) is 3.72. The second kappa shape index (κ2) is 5.51. The summed E-state index contributed by atoms with van der Waals surface area (Å²) in [5.41, 5.74) is 1.70. The fourth-order valence-electron chi connectivity index (χ4n) is 2.02. The Bertz CT molecular complexity index is 871. The van der Waals surface area contributed by atoms with Gasteiger partial charge in [0.1, 0.15) is 17.7 Å². The molecule has 1 N–H and O–H groups in total. The van der Waals surface area contributed by atoms with Crippen molar-refractivity contribution >= 4 is 38.3 Å². The van der Waals surface area contributed by atoms with Gasteiger partial charge in [0.15, 0.2) is 0 Å². The summed E-state index contributed by atoms with van der Waals surface area (Å²) in [7, 11) is 0. The number of pyridine rings is 1. The molecule has 0 saturated heterocycles. The number of para-hydroxylation sites is 1. The Kier molecular flexibility index (Phi) is 3.55. The van der Waals surface area contributed by atoms with E-state index in [0.29, 0.717) is 21.5 Å². The van der Waals surface area contributed by atoms with Gasteiger partial charge in [0, 0.05) is 9.86 Å². The van der Waals surface area contributed by atoms with Gasteiger partial charge in [-0.1, -0.05) is 18.2 Å². The van der Waals surface area contributed by atoms with Crippen LogP contribution in [0.25, 0.3) is 10.9 Å². The number of nitriles is 1. The molecule has 0 fully saturated rings. The zero-order valence-electron chi connectivity index (χ0n) is 10.8. The minimum absolute atomic E-state index is 0.361. The highest BCUT2D eigenvalue weighted by molar-refractivity contribution is 9.10. The molecule has 21 heavy (non-hydrogen) atoms. The smallest absolute Gasteiger partial charge is 0.149 e. The van der Waals surface area contributed by atoms with Crippen LogP contribution >= 0.6 is 15.9 Å². The molecular formula is C16H9BrFN3. The summed E-state index contributed by atoms with van der Waals surface area (Å²) in [6.45, 7) is 0. The van der Waals surface area contributed by atoms with Crippen LogP contribution < -0.4 is 5.32 Å². The van der Waals surface area contributed by atoms with E-state index < -0.39 is 0 Å². The highest BCUT2D eigenvalue weighted by Gasteiger charge is 2.09. The van der Waals surface area contributed by atoms with Gasteiger partial charge < -0.3 is 5.32 Å². The number of nitrogens with one attached hydrogen (secondary N) is 1. The van der Waals surface area contributed by atoms with E-state index in [9.17, 15) is 9.65 Å². The Hall–Kier alpha value is -2.45. The van der Waals surface area contributed by atoms with Gasteiger partial charge in [-0.3, -0.25) is 0 Å². The van der Waals surface area contributed by atoms with Crippen molar-refractivity contribution in [3.8, 4) is 6.07 Å². The third-order valence-electron chi connectivity index (χ3n) is 3.03. The van der Waals surface area contributed by atoms with Crippen molar-refractivity contribution in [2.45, 2.75) is 0 Å². The second-order valence-electron chi connectivity index (χ2n) is 4.44. The van der Waals surface area contributed by atoms with E-state index in [-0.39, 0.29) is 5.82 Å². The van der Waals surface area contributed by atoms with Gasteiger partial charge in [-0.05, 0) is 46.3 Å². The minimum atomic E-state index is -0.361. The molecule has 0 aliphatic carbocycles. The summed E-state index contributed by atoms with van der Waals surface area (Å²) < 4.78 is 14.0. The molecule has 0 amide bonds. The largest absolute Gasteiger partial charge is 0.338 e. The van der Waals surface area contributed by atoms with Crippen LogP contribution in [0.2, 0.25) is 0 Å². The number of rotatable bonds is 2. The van der Waals surface area contributed by atoms with E-state index in [1.165, 1.54) is 12.1 Å². The number of aromatic nitrogens is 1. The topological polar surface area (TPSA) is 48.7 Å². The van der Waals surface area contributed by atoms with Crippen molar-refractivity contribution in [2.75, 3.05) is 5.32 Å². The summed E-state index contributed by atoms with van der Waals surface area (Å²) in [6, 6.07) is 15.7. The Morgan fingerprint density at radius 2 is 1.95 bits per heavy atom. The van der Waals surface area contributed by atoms with Crippen molar-refractivity contribution in [1.82, 2.24) is 4.98 Å². The van der Waals surface area contributed by atoms with Crippen LogP contribution in [0.3, 0.4) is 0 Å². The molecular weight excluding hydrogens is 333 g/mol. The van der Waals surface area contributed by atoms with Gasteiger partial charge in [0.25, 0.3) is 0 Å². The number of anilines is 2. The minimum Gasteiger partial charge on any atom is -0.338 e. The van der Waals surface area contributed by atoms with Crippen LogP contribution in [0.1, 0.15) is 5.56 Å². The number of halogens is 2. The molecule has 0 aliphatic rings. The standard InChI is InChI=1S/C16H9BrFN3/c17-13-6-5-12(18)8-15(13)21-16-11(9-19)7-10-3-1-2-4-14(10)20-16/h1-8H,(H,20,21). The summed E-state index contributed by atoms with van der Waals surface area (Å²) in [6.07, 6.45) is 0. The van der Waals surface area contributed by atoms with Gasteiger partial charge in [0.2, 0.25) is 0 Å². The molecule has 2 aromatic carbocycles. The van der Waals surface area contributed by atoms with E-state index in [4.69, 9.17) is 0 Å². The van der Waals surface area contributed by atoms with Gasteiger partial charge in [-0.2, -0.15) is 5.26 Å². The number of hydrogen-bond acceptors (Lipinski definition) is 3. The van der Waals surface area contributed by atoms with E-state index in [1.54, 1.807) is 12.1 Å². The van der Waals surface area contributed by atoms with Gasteiger partial charge in [-0.25, -0.2) is 9.37 Å². The molecule has 3 rings (SSSR count). The summed E-state index contributed by atoms with van der Waals surface area (Å²) in [5, 5.41) is 13.2. The Balaban J connectivity index is 2.11. The lowest BCUT2D eigenvalue weighted by Crippen LogP contribution is -1.99. The Morgan fingerprint density at radius 3 is 2.76 bits per heavy atom. The van der Waals surface area contributed by atoms with Gasteiger partial charge in [0.05, 0.1) is 16.8 Å². The maximum absolute atomic E-state index is 13.3. The molecule has 3 aromatic rings. The number of hydrogen-bond donors (Lipinski definition) is 1. The molecule has 0 radical (unpaired) electrons. The number of fused-ring (bicyclic) bond motifs is 1. The molecule has 1 aromatic heterocycles. The second-order valence-corrected chi connectivity index (χ2v) is 5.29. The fraction of sp³-hybridized carbons (Fsp3) is 0. The lowest BCUT2D eigenvalue weighted by atomic mass is 10.1. The first-order chi connectivity index (χ1) is 10.2. The first kappa shape index (κ1) is 13.5. The highest BCUT2D eigenvalue weighted by Crippen LogP contribution is 2.28. The first-order valence-corrected chi connectivity index (χ1v) is 6.98. The first-order valence-electron chi connectivity index (χ1n) is 6.19. The van der Waals surface area contributed by atoms with E-state index in [0.717, 1.165) is 10.9 Å². The quantitative estimate of drug-likeness (QED) is 0.731. The molecule has 0 bridgehead atoms. The molecule has 0 saturated carbocycles. The number of nitrogens with zero attached hydrogens (tertiary/aromatic N) is 2. The number of benzene rings is 2. The van der Waals surface area contributed by atoms with E-state index >= 15 is 0 Å². The molecule has 102 valence electrons. The average molecular weight is 342 g/mol. The molecule has 3 nitrogen and oxygen atoms in total. The van der Waals surface area contributed by atoms with Crippen LogP contribution in [0.4, 0.5) is 15.9 Å². The van der Waals surface area contributed by atoms with Crippen molar-refractivity contribution in [3.05, 3.63) is 64.4 Å². The lowest BCUT2D eigenvalue weighted by molar-refractivity contribution is 0.628. The van der Waals surface area contributed by atoms with Crippen molar-refractivity contribution in [3.63, 3.8) is 0 Å². The average Bonchev–Trinajstić information content (AvgIpc) is 2.50. The molecule has 0 aliphatic heterocycles.